The monoisotopic (exact) mass is 424 g/mol. The van der Waals surface area contributed by atoms with E-state index in [1.807, 2.05) is 6.07 Å². The summed E-state index contributed by atoms with van der Waals surface area (Å²) in [5.74, 6) is -0.295. The van der Waals surface area contributed by atoms with E-state index in [9.17, 15) is 13.2 Å². The van der Waals surface area contributed by atoms with Crippen LogP contribution in [0.15, 0.2) is 51.8 Å². The first-order valence-electron chi connectivity index (χ1n) is 7.97. The molecule has 0 radical (unpaired) electrons. The van der Waals surface area contributed by atoms with Gasteiger partial charge in [0.05, 0.1) is 4.90 Å². The lowest BCUT2D eigenvalue weighted by Gasteiger charge is -2.20. The quantitative estimate of drug-likeness (QED) is 0.760. The highest BCUT2D eigenvalue weighted by atomic mass is 79.9. The fourth-order valence-corrected chi connectivity index (χ4v) is 4.60. The number of rotatable bonds is 6. The van der Waals surface area contributed by atoms with Crippen LogP contribution < -0.4 is 5.32 Å². The van der Waals surface area contributed by atoms with Crippen molar-refractivity contribution in [3.63, 3.8) is 0 Å². The van der Waals surface area contributed by atoms with Crippen molar-refractivity contribution in [3.8, 4) is 0 Å². The van der Waals surface area contributed by atoms with Crippen LogP contribution in [0.3, 0.4) is 0 Å². The summed E-state index contributed by atoms with van der Waals surface area (Å²) in [6.45, 7) is 6.14. The Bertz CT molecular complexity index is 878. The Labute approximate surface area is 157 Å². The number of carbonyl (C=O) groups excluding carboxylic acids is 1. The van der Waals surface area contributed by atoms with E-state index >= 15 is 0 Å². The Balaban J connectivity index is 2.34. The summed E-state index contributed by atoms with van der Waals surface area (Å²) >= 11 is 3.33. The number of sulfonamides is 1. The molecule has 1 N–H and O–H groups in total. The lowest BCUT2D eigenvalue weighted by molar-refractivity contribution is 0.102. The number of nitrogens with zero attached hydrogens (tertiary/aromatic N) is 1. The summed E-state index contributed by atoms with van der Waals surface area (Å²) in [5.41, 5.74) is 1.58. The van der Waals surface area contributed by atoms with Gasteiger partial charge in [-0.15, -0.1) is 0 Å². The molecule has 2 rings (SSSR count). The van der Waals surface area contributed by atoms with Crippen LogP contribution in [0.25, 0.3) is 0 Å². The van der Waals surface area contributed by atoms with E-state index in [-0.39, 0.29) is 10.8 Å². The molecule has 7 heteroatoms. The summed E-state index contributed by atoms with van der Waals surface area (Å²) in [6.07, 6.45) is 0. The van der Waals surface area contributed by atoms with Crippen molar-refractivity contribution in [2.45, 2.75) is 25.7 Å². The minimum absolute atomic E-state index is 0.211. The molecule has 134 valence electrons. The summed E-state index contributed by atoms with van der Waals surface area (Å²) in [6, 6.07) is 11.9. The van der Waals surface area contributed by atoms with Crippen LogP contribution in [0.5, 0.6) is 0 Å². The van der Waals surface area contributed by atoms with Crippen LogP contribution in [0, 0.1) is 6.92 Å². The number of halogens is 1. The number of benzene rings is 2. The van der Waals surface area contributed by atoms with Crippen molar-refractivity contribution in [2.75, 3.05) is 18.4 Å². The number of hydrogen-bond acceptors (Lipinski definition) is 3. The lowest BCUT2D eigenvalue weighted by atomic mass is 10.2. The molecular formula is C18H21BrN2O3S. The highest BCUT2D eigenvalue weighted by Gasteiger charge is 2.24. The van der Waals surface area contributed by atoms with Gasteiger partial charge in [0.15, 0.2) is 0 Å². The highest BCUT2D eigenvalue weighted by Crippen LogP contribution is 2.24. The van der Waals surface area contributed by atoms with Gasteiger partial charge in [-0.1, -0.05) is 41.9 Å². The van der Waals surface area contributed by atoms with Gasteiger partial charge in [-0.25, -0.2) is 8.42 Å². The fraction of sp³-hybridized carbons (Fsp3) is 0.278. The molecule has 1 amide bonds. The molecule has 2 aromatic carbocycles. The van der Waals surface area contributed by atoms with Crippen LogP contribution in [0.1, 0.15) is 29.8 Å². The highest BCUT2D eigenvalue weighted by molar-refractivity contribution is 9.10. The van der Waals surface area contributed by atoms with Gasteiger partial charge in [-0.2, -0.15) is 4.31 Å². The number of aryl methyl sites for hydroxylation is 1. The Morgan fingerprint density at radius 3 is 2.40 bits per heavy atom. The second-order valence-corrected chi connectivity index (χ2v) is 8.36. The first kappa shape index (κ1) is 19.6. The van der Waals surface area contributed by atoms with Crippen molar-refractivity contribution in [3.05, 3.63) is 58.1 Å². The summed E-state index contributed by atoms with van der Waals surface area (Å²) in [4.78, 5) is 12.6. The molecule has 0 aliphatic carbocycles. The normalized spacial score (nSPS) is 11.6. The molecule has 0 heterocycles. The smallest absolute Gasteiger partial charge is 0.255 e. The van der Waals surface area contributed by atoms with Gasteiger partial charge in [0.1, 0.15) is 0 Å². The van der Waals surface area contributed by atoms with E-state index in [1.54, 1.807) is 51.1 Å². The van der Waals surface area contributed by atoms with Crippen LogP contribution in [-0.2, 0) is 10.0 Å². The van der Waals surface area contributed by atoms with Crippen LogP contribution in [0.2, 0.25) is 0 Å². The largest absolute Gasteiger partial charge is 0.322 e. The Hall–Kier alpha value is -1.70. The molecular weight excluding hydrogens is 404 g/mol. The number of anilines is 1. The van der Waals surface area contributed by atoms with Gasteiger partial charge >= 0.3 is 0 Å². The molecule has 25 heavy (non-hydrogen) atoms. The molecule has 0 aliphatic rings. The molecule has 0 fully saturated rings. The zero-order valence-corrected chi connectivity index (χ0v) is 16.8. The Morgan fingerprint density at radius 1 is 1.12 bits per heavy atom. The third-order valence-corrected chi connectivity index (χ3v) is 6.54. The standard InChI is InChI=1S/C18H21BrN2O3S/c1-4-21(5-2)25(23,24)17-12-16(10-9-13(17)3)20-18(22)14-7-6-8-15(19)11-14/h6-12H,4-5H2,1-3H3,(H,20,22). The Morgan fingerprint density at radius 2 is 1.80 bits per heavy atom. The number of carbonyl (C=O) groups is 1. The first-order chi connectivity index (χ1) is 11.8. The molecule has 0 bridgehead atoms. The minimum atomic E-state index is -3.59. The summed E-state index contributed by atoms with van der Waals surface area (Å²) < 4.78 is 27.7. The number of amides is 1. The topological polar surface area (TPSA) is 66.5 Å². The number of hydrogen-bond donors (Lipinski definition) is 1. The second-order valence-electron chi connectivity index (χ2n) is 5.53. The van der Waals surface area contributed by atoms with E-state index < -0.39 is 10.0 Å². The Kier molecular flexibility index (Phi) is 6.37. The van der Waals surface area contributed by atoms with Gasteiger partial charge in [0.25, 0.3) is 5.91 Å². The molecule has 0 aromatic heterocycles. The third kappa shape index (κ3) is 4.48. The number of nitrogens with one attached hydrogen (secondary N) is 1. The fourth-order valence-electron chi connectivity index (χ4n) is 2.49. The first-order valence-corrected chi connectivity index (χ1v) is 10.2. The van der Waals surface area contributed by atoms with Crippen molar-refractivity contribution >= 4 is 37.5 Å². The second kappa shape index (κ2) is 8.12. The van der Waals surface area contributed by atoms with Gasteiger partial charge in [0.2, 0.25) is 10.0 Å². The molecule has 0 saturated carbocycles. The van der Waals surface area contributed by atoms with E-state index in [0.717, 1.165) is 4.47 Å². The van der Waals surface area contributed by atoms with Gasteiger partial charge in [-0.05, 0) is 42.8 Å². The van der Waals surface area contributed by atoms with E-state index in [0.29, 0.717) is 29.9 Å². The zero-order valence-electron chi connectivity index (χ0n) is 14.4. The SMILES string of the molecule is CCN(CC)S(=O)(=O)c1cc(NC(=O)c2cccc(Br)c2)ccc1C. The maximum atomic E-state index is 12.8. The minimum Gasteiger partial charge on any atom is -0.322 e. The molecule has 0 aliphatic heterocycles. The molecule has 0 spiro atoms. The van der Waals surface area contributed by atoms with Gasteiger partial charge in [0, 0.05) is 28.8 Å². The average molecular weight is 425 g/mol. The van der Waals surface area contributed by atoms with Crippen molar-refractivity contribution in [1.82, 2.24) is 4.31 Å². The van der Waals surface area contributed by atoms with E-state index in [1.165, 1.54) is 10.4 Å². The van der Waals surface area contributed by atoms with Crippen LogP contribution >= 0.6 is 15.9 Å². The maximum absolute atomic E-state index is 12.8. The predicted molar refractivity (Wildman–Crippen MR) is 103 cm³/mol. The van der Waals surface area contributed by atoms with Gasteiger partial charge in [-0.3, -0.25) is 4.79 Å². The lowest BCUT2D eigenvalue weighted by Crippen LogP contribution is -2.31. The predicted octanol–water partition coefficient (Wildman–Crippen LogP) is 4.04. The molecule has 5 nitrogen and oxygen atoms in total. The van der Waals surface area contributed by atoms with Crippen LogP contribution in [-0.4, -0.2) is 31.7 Å². The van der Waals surface area contributed by atoms with E-state index in [2.05, 4.69) is 21.2 Å². The molecule has 2 aromatic rings. The molecule has 0 atom stereocenters. The zero-order chi connectivity index (χ0) is 18.6. The van der Waals surface area contributed by atoms with Crippen molar-refractivity contribution in [2.24, 2.45) is 0 Å². The van der Waals surface area contributed by atoms with E-state index in [4.69, 9.17) is 0 Å². The average Bonchev–Trinajstić information content (AvgIpc) is 2.57. The van der Waals surface area contributed by atoms with Crippen molar-refractivity contribution in [1.29, 1.82) is 0 Å². The summed E-state index contributed by atoms with van der Waals surface area (Å²) in [7, 11) is -3.59. The summed E-state index contributed by atoms with van der Waals surface area (Å²) in [5, 5.41) is 2.76. The molecule has 0 saturated heterocycles. The third-order valence-electron chi connectivity index (χ3n) is 3.86. The molecule has 0 unspecified atom stereocenters. The van der Waals surface area contributed by atoms with Gasteiger partial charge < -0.3 is 5.32 Å². The maximum Gasteiger partial charge on any atom is 0.255 e. The van der Waals surface area contributed by atoms with Crippen LogP contribution in [0.4, 0.5) is 5.69 Å². The van der Waals surface area contributed by atoms with Crippen molar-refractivity contribution < 1.29 is 13.2 Å².